The van der Waals surface area contributed by atoms with Crippen LogP contribution in [0.25, 0.3) is 0 Å². The molecule has 5 nitrogen and oxygen atoms in total. The van der Waals surface area contributed by atoms with E-state index in [0.717, 1.165) is 0 Å². The van der Waals surface area contributed by atoms with E-state index in [1.54, 1.807) is 13.8 Å². The zero-order valence-electron chi connectivity index (χ0n) is 17.0. The number of hydrogen-bond acceptors (Lipinski definition) is 5. The average Bonchev–Trinajstić information content (AvgIpc) is 2.60. The summed E-state index contributed by atoms with van der Waals surface area (Å²) in [7, 11) is -7.01. The van der Waals surface area contributed by atoms with Crippen LogP contribution in [0.15, 0.2) is 0 Å². The Labute approximate surface area is 174 Å². The van der Waals surface area contributed by atoms with E-state index in [1.165, 1.54) is 6.92 Å². The Kier molecular flexibility index (Phi) is 11.1. The zero-order valence-corrected chi connectivity index (χ0v) is 17.8. The predicted molar refractivity (Wildman–Crippen MR) is 90.2 cm³/mol. The minimum absolute atomic E-state index is 0.0824. The lowest BCUT2D eigenvalue weighted by Gasteiger charge is -2.33. The number of hydrogen-bond donors (Lipinski definition) is 0. The van der Waals surface area contributed by atoms with Gasteiger partial charge in [0.2, 0.25) is 0 Å². The second-order valence-corrected chi connectivity index (χ2v) is 8.18. The fourth-order valence-electron chi connectivity index (χ4n) is 2.07. The van der Waals surface area contributed by atoms with Gasteiger partial charge in [0.1, 0.15) is 0 Å². The molecule has 0 aliphatic carbocycles. The van der Waals surface area contributed by atoms with Crippen LogP contribution in [0, 0.1) is 0 Å². The van der Waals surface area contributed by atoms with Gasteiger partial charge in [0, 0.05) is 6.61 Å². The van der Waals surface area contributed by atoms with Gasteiger partial charge in [-0.3, -0.25) is 0 Å². The van der Waals surface area contributed by atoms with Gasteiger partial charge < -0.3 is 9.47 Å². The highest BCUT2D eigenvalue weighted by molar-refractivity contribution is 7.87. The molecule has 0 aliphatic heterocycles. The third kappa shape index (κ3) is 7.35. The van der Waals surface area contributed by atoms with Crippen molar-refractivity contribution in [2.75, 3.05) is 6.61 Å². The van der Waals surface area contributed by atoms with E-state index in [4.69, 9.17) is 9.47 Å². The van der Waals surface area contributed by atoms with E-state index in [9.17, 15) is 47.9 Å². The van der Waals surface area contributed by atoms with Crippen molar-refractivity contribution < 1.29 is 61.6 Å². The molecule has 15 heteroatoms. The van der Waals surface area contributed by atoms with Gasteiger partial charge in [0.25, 0.3) is 0 Å². The lowest BCUT2D eigenvalue weighted by molar-refractivity contribution is -0.383. The standard InChI is InChI=1S/C16H25F9O5S/c1-4-6-8-9-12(29-11(3)28-10-7-5-2)30-31(26,27)16(24,25)14(19,20)13(17,18)15(21,22)23/h11-12H,4-10H2,1-3H3. The summed E-state index contributed by atoms with van der Waals surface area (Å²) in [5.74, 6) is -14.7. The molecule has 0 fully saturated rings. The molecule has 0 saturated heterocycles. The minimum Gasteiger partial charge on any atom is -0.353 e. The van der Waals surface area contributed by atoms with Gasteiger partial charge >= 0.3 is 33.4 Å². The van der Waals surface area contributed by atoms with Crippen molar-refractivity contribution in [1.29, 1.82) is 0 Å². The van der Waals surface area contributed by atoms with Crippen LogP contribution in [-0.4, -0.2) is 50.9 Å². The number of alkyl halides is 9. The van der Waals surface area contributed by atoms with Gasteiger partial charge in [-0.2, -0.15) is 47.9 Å². The van der Waals surface area contributed by atoms with Crippen LogP contribution in [0.1, 0.15) is 59.3 Å². The molecule has 31 heavy (non-hydrogen) atoms. The SMILES string of the molecule is CCCCCC(OC(C)OCCCC)OS(=O)(=O)C(F)(F)C(F)(F)C(F)(F)C(F)(F)F. The topological polar surface area (TPSA) is 61.8 Å². The highest BCUT2D eigenvalue weighted by atomic mass is 32.2. The number of rotatable bonds is 15. The summed E-state index contributed by atoms with van der Waals surface area (Å²) in [6.45, 7) is 4.80. The molecular weight excluding hydrogens is 475 g/mol. The predicted octanol–water partition coefficient (Wildman–Crippen LogP) is 5.84. The number of halogens is 9. The highest BCUT2D eigenvalue weighted by Gasteiger charge is 2.86. The first-order chi connectivity index (χ1) is 13.9. The largest absolute Gasteiger partial charge is 0.460 e. The van der Waals surface area contributed by atoms with Gasteiger partial charge in [-0.05, 0) is 26.2 Å². The molecule has 0 aromatic rings. The second kappa shape index (κ2) is 11.4. The van der Waals surface area contributed by atoms with Crippen molar-refractivity contribution >= 4 is 10.1 Å². The third-order valence-corrected chi connectivity index (χ3v) is 5.25. The maximum absolute atomic E-state index is 13.8. The van der Waals surface area contributed by atoms with Crippen molar-refractivity contribution in [3.8, 4) is 0 Å². The molecular formula is C16H25F9O5S. The third-order valence-electron chi connectivity index (χ3n) is 3.90. The lowest BCUT2D eigenvalue weighted by atomic mass is 10.1. The highest BCUT2D eigenvalue weighted by Crippen LogP contribution is 2.55. The molecule has 0 rings (SSSR count). The fraction of sp³-hybridized carbons (Fsp3) is 1.00. The lowest BCUT2D eigenvalue weighted by Crippen LogP contribution is -2.63. The quantitative estimate of drug-likeness (QED) is 0.122. The Morgan fingerprint density at radius 1 is 0.806 bits per heavy atom. The average molecular weight is 500 g/mol. The molecule has 2 atom stereocenters. The Morgan fingerprint density at radius 2 is 1.32 bits per heavy atom. The van der Waals surface area contributed by atoms with Crippen molar-refractivity contribution in [2.24, 2.45) is 0 Å². The van der Waals surface area contributed by atoms with Crippen LogP contribution in [0.4, 0.5) is 39.5 Å². The molecule has 0 radical (unpaired) electrons. The molecule has 0 aromatic heterocycles. The van der Waals surface area contributed by atoms with E-state index in [-0.39, 0.29) is 13.0 Å². The second-order valence-electron chi connectivity index (χ2n) is 6.57. The summed E-state index contributed by atoms with van der Waals surface area (Å²) in [4.78, 5) is 0. The summed E-state index contributed by atoms with van der Waals surface area (Å²) in [6, 6.07) is 0. The summed E-state index contributed by atoms with van der Waals surface area (Å²) in [5, 5.41) is -6.93. The van der Waals surface area contributed by atoms with Gasteiger partial charge in [0.15, 0.2) is 12.6 Å². The number of unbranched alkanes of at least 4 members (excludes halogenated alkanes) is 3. The van der Waals surface area contributed by atoms with Crippen molar-refractivity contribution in [1.82, 2.24) is 0 Å². The Balaban J connectivity index is 5.72. The van der Waals surface area contributed by atoms with Gasteiger partial charge in [-0.15, -0.1) is 0 Å². The Hall–Kier alpha value is -0.800. The van der Waals surface area contributed by atoms with Crippen LogP contribution < -0.4 is 0 Å². The molecule has 0 spiro atoms. The summed E-state index contributed by atoms with van der Waals surface area (Å²) < 4.78 is 154. The van der Waals surface area contributed by atoms with Crippen LogP contribution in [-0.2, 0) is 23.8 Å². The maximum atomic E-state index is 13.8. The summed E-state index contributed by atoms with van der Waals surface area (Å²) >= 11 is 0. The molecule has 0 heterocycles. The molecule has 0 bridgehead atoms. The molecule has 2 unspecified atom stereocenters. The Morgan fingerprint density at radius 3 is 1.77 bits per heavy atom. The molecule has 0 aromatic carbocycles. The molecule has 0 amide bonds. The van der Waals surface area contributed by atoms with E-state index in [1.807, 2.05) is 0 Å². The van der Waals surface area contributed by atoms with E-state index in [2.05, 4.69) is 4.18 Å². The number of ether oxygens (including phenoxy) is 2. The van der Waals surface area contributed by atoms with Crippen molar-refractivity contribution in [2.45, 2.75) is 95.2 Å². The Bertz CT molecular complexity index is 638. The van der Waals surface area contributed by atoms with Crippen LogP contribution in [0.5, 0.6) is 0 Å². The maximum Gasteiger partial charge on any atom is 0.460 e. The normalized spacial score (nSPS) is 16.4. The first-order valence-corrected chi connectivity index (χ1v) is 10.7. The van der Waals surface area contributed by atoms with Crippen LogP contribution >= 0.6 is 0 Å². The molecule has 188 valence electrons. The van der Waals surface area contributed by atoms with E-state index in [0.29, 0.717) is 25.7 Å². The van der Waals surface area contributed by atoms with Crippen molar-refractivity contribution in [3.63, 3.8) is 0 Å². The zero-order chi connectivity index (χ0) is 24.7. The first-order valence-electron chi connectivity index (χ1n) is 9.29. The smallest absolute Gasteiger partial charge is 0.353 e. The summed E-state index contributed by atoms with van der Waals surface area (Å²) in [5.41, 5.74) is 0. The summed E-state index contributed by atoms with van der Waals surface area (Å²) in [6.07, 6.45) is -8.84. The van der Waals surface area contributed by atoms with Gasteiger partial charge in [-0.25, -0.2) is 4.18 Å². The monoisotopic (exact) mass is 500 g/mol. The van der Waals surface area contributed by atoms with Gasteiger partial charge in [-0.1, -0.05) is 33.1 Å². The minimum atomic E-state index is -7.37. The van der Waals surface area contributed by atoms with Crippen LogP contribution in [0.2, 0.25) is 0 Å². The first kappa shape index (κ1) is 30.2. The molecule has 0 saturated carbocycles. The molecule has 0 N–H and O–H groups in total. The van der Waals surface area contributed by atoms with Gasteiger partial charge in [0.05, 0.1) is 0 Å². The van der Waals surface area contributed by atoms with Crippen molar-refractivity contribution in [3.05, 3.63) is 0 Å². The van der Waals surface area contributed by atoms with E-state index >= 15 is 0 Å². The molecule has 0 aliphatic rings. The fourth-order valence-corrected chi connectivity index (χ4v) is 3.05. The van der Waals surface area contributed by atoms with Crippen LogP contribution in [0.3, 0.4) is 0 Å². The van der Waals surface area contributed by atoms with E-state index < -0.39 is 52.4 Å².